The molecule has 0 unspecified atom stereocenters. The Labute approximate surface area is 103 Å². The molecule has 1 aromatic heterocycles. The van der Waals surface area contributed by atoms with E-state index in [4.69, 9.17) is 9.26 Å². The standard InChI is InChI=1S/C12H12BrNO2/c1-8-3-4-10(13)6-12(8)15-7-11-5-9(2)16-14-11/h3-6H,7H2,1-2H3. The first-order chi connectivity index (χ1) is 7.65. The summed E-state index contributed by atoms with van der Waals surface area (Å²) in [7, 11) is 0. The third-order valence-electron chi connectivity index (χ3n) is 2.20. The molecule has 0 aliphatic carbocycles. The van der Waals surface area contributed by atoms with Crippen LogP contribution in [0.5, 0.6) is 5.75 Å². The highest BCUT2D eigenvalue weighted by Gasteiger charge is 2.04. The minimum atomic E-state index is 0.425. The summed E-state index contributed by atoms with van der Waals surface area (Å²) < 4.78 is 11.6. The van der Waals surface area contributed by atoms with Gasteiger partial charge in [-0.25, -0.2) is 0 Å². The molecule has 0 fully saturated rings. The van der Waals surface area contributed by atoms with Gasteiger partial charge in [0.15, 0.2) is 0 Å². The monoisotopic (exact) mass is 281 g/mol. The fourth-order valence-corrected chi connectivity index (χ4v) is 1.71. The second-order valence-electron chi connectivity index (χ2n) is 3.63. The first kappa shape index (κ1) is 11.2. The van der Waals surface area contributed by atoms with Crippen LogP contribution in [0.25, 0.3) is 0 Å². The topological polar surface area (TPSA) is 35.3 Å². The smallest absolute Gasteiger partial charge is 0.134 e. The average Bonchev–Trinajstić information content (AvgIpc) is 2.66. The minimum Gasteiger partial charge on any atom is -0.487 e. The highest BCUT2D eigenvalue weighted by Crippen LogP contribution is 2.23. The van der Waals surface area contributed by atoms with Crippen molar-refractivity contribution in [1.29, 1.82) is 0 Å². The van der Waals surface area contributed by atoms with Crippen LogP contribution in [0.3, 0.4) is 0 Å². The molecule has 0 atom stereocenters. The van der Waals surface area contributed by atoms with Crippen LogP contribution in [-0.2, 0) is 6.61 Å². The molecule has 16 heavy (non-hydrogen) atoms. The Hall–Kier alpha value is -1.29. The molecule has 2 aromatic rings. The van der Waals surface area contributed by atoms with Crippen LogP contribution in [0, 0.1) is 13.8 Å². The van der Waals surface area contributed by atoms with E-state index in [0.29, 0.717) is 6.61 Å². The van der Waals surface area contributed by atoms with Crippen LogP contribution in [0.15, 0.2) is 33.3 Å². The number of aryl methyl sites for hydroxylation is 2. The summed E-state index contributed by atoms with van der Waals surface area (Å²) in [5.41, 5.74) is 1.90. The molecule has 0 aliphatic heterocycles. The van der Waals surface area contributed by atoms with Crippen LogP contribution in [0.4, 0.5) is 0 Å². The van der Waals surface area contributed by atoms with Crippen molar-refractivity contribution in [3.8, 4) is 5.75 Å². The van der Waals surface area contributed by atoms with E-state index in [1.807, 2.05) is 38.1 Å². The largest absolute Gasteiger partial charge is 0.487 e. The van der Waals surface area contributed by atoms with Crippen molar-refractivity contribution in [2.75, 3.05) is 0 Å². The van der Waals surface area contributed by atoms with Crippen LogP contribution < -0.4 is 4.74 Å². The van der Waals surface area contributed by atoms with Crippen LogP contribution in [0.1, 0.15) is 17.0 Å². The maximum absolute atomic E-state index is 5.66. The van der Waals surface area contributed by atoms with Gasteiger partial charge < -0.3 is 9.26 Å². The highest BCUT2D eigenvalue weighted by molar-refractivity contribution is 9.10. The Balaban J connectivity index is 2.07. The molecule has 0 N–H and O–H groups in total. The minimum absolute atomic E-state index is 0.425. The number of rotatable bonds is 3. The molecule has 0 aliphatic rings. The van der Waals surface area contributed by atoms with Gasteiger partial charge in [-0.05, 0) is 31.5 Å². The van der Waals surface area contributed by atoms with Crippen molar-refractivity contribution >= 4 is 15.9 Å². The van der Waals surface area contributed by atoms with Gasteiger partial charge in [0.05, 0.1) is 0 Å². The molecule has 0 bridgehead atoms. The summed E-state index contributed by atoms with van der Waals surface area (Å²) in [5, 5.41) is 3.87. The summed E-state index contributed by atoms with van der Waals surface area (Å²) in [4.78, 5) is 0. The summed E-state index contributed by atoms with van der Waals surface area (Å²) >= 11 is 3.41. The van der Waals surface area contributed by atoms with Crippen molar-refractivity contribution in [2.45, 2.75) is 20.5 Å². The number of hydrogen-bond donors (Lipinski definition) is 0. The average molecular weight is 282 g/mol. The van der Waals surface area contributed by atoms with Crippen molar-refractivity contribution in [3.05, 3.63) is 45.8 Å². The highest BCUT2D eigenvalue weighted by atomic mass is 79.9. The van der Waals surface area contributed by atoms with Gasteiger partial charge in [-0.3, -0.25) is 0 Å². The molecule has 0 amide bonds. The van der Waals surface area contributed by atoms with E-state index >= 15 is 0 Å². The molecule has 3 nitrogen and oxygen atoms in total. The fourth-order valence-electron chi connectivity index (χ4n) is 1.37. The van der Waals surface area contributed by atoms with Gasteiger partial charge in [0.2, 0.25) is 0 Å². The molecule has 1 heterocycles. The molecule has 1 aromatic carbocycles. The molecule has 0 saturated heterocycles. The van der Waals surface area contributed by atoms with Gasteiger partial charge >= 0.3 is 0 Å². The first-order valence-corrected chi connectivity index (χ1v) is 5.75. The zero-order valence-corrected chi connectivity index (χ0v) is 10.7. The third kappa shape index (κ3) is 2.64. The number of hydrogen-bond acceptors (Lipinski definition) is 3. The quantitative estimate of drug-likeness (QED) is 0.862. The number of benzene rings is 1. The lowest BCUT2D eigenvalue weighted by atomic mass is 10.2. The lowest BCUT2D eigenvalue weighted by Gasteiger charge is -2.07. The molecule has 0 spiro atoms. The van der Waals surface area contributed by atoms with Gasteiger partial charge in [-0.15, -0.1) is 0 Å². The van der Waals surface area contributed by atoms with Gasteiger partial charge in [0.25, 0.3) is 0 Å². The second-order valence-corrected chi connectivity index (χ2v) is 4.54. The first-order valence-electron chi connectivity index (χ1n) is 4.96. The molecule has 84 valence electrons. The van der Waals surface area contributed by atoms with E-state index in [0.717, 1.165) is 27.2 Å². The Morgan fingerprint density at radius 2 is 2.12 bits per heavy atom. The van der Waals surface area contributed by atoms with E-state index in [1.54, 1.807) is 0 Å². The van der Waals surface area contributed by atoms with E-state index in [9.17, 15) is 0 Å². The molecule has 0 radical (unpaired) electrons. The fraction of sp³-hybridized carbons (Fsp3) is 0.250. The van der Waals surface area contributed by atoms with Gasteiger partial charge in [0.1, 0.15) is 23.8 Å². The number of halogens is 1. The third-order valence-corrected chi connectivity index (χ3v) is 2.70. The molecule has 0 saturated carbocycles. The van der Waals surface area contributed by atoms with Crippen molar-refractivity contribution < 1.29 is 9.26 Å². The number of aromatic nitrogens is 1. The summed E-state index contributed by atoms with van der Waals surface area (Å²) in [6.07, 6.45) is 0. The summed E-state index contributed by atoms with van der Waals surface area (Å²) in [5.74, 6) is 1.65. The molecule has 2 rings (SSSR count). The lowest BCUT2D eigenvalue weighted by molar-refractivity contribution is 0.286. The zero-order valence-electron chi connectivity index (χ0n) is 9.16. The van der Waals surface area contributed by atoms with Gasteiger partial charge in [0, 0.05) is 10.5 Å². The van der Waals surface area contributed by atoms with E-state index < -0.39 is 0 Å². The molecular weight excluding hydrogens is 270 g/mol. The van der Waals surface area contributed by atoms with E-state index in [2.05, 4.69) is 21.1 Å². The Morgan fingerprint density at radius 1 is 1.31 bits per heavy atom. The van der Waals surface area contributed by atoms with Crippen molar-refractivity contribution in [3.63, 3.8) is 0 Å². The van der Waals surface area contributed by atoms with E-state index in [-0.39, 0.29) is 0 Å². The van der Waals surface area contributed by atoms with Crippen LogP contribution >= 0.6 is 15.9 Å². The maximum Gasteiger partial charge on any atom is 0.134 e. The summed E-state index contributed by atoms with van der Waals surface area (Å²) in [6.45, 7) is 4.30. The zero-order chi connectivity index (χ0) is 11.5. The molecule has 4 heteroatoms. The van der Waals surface area contributed by atoms with E-state index in [1.165, 1.54) is 0 Å². The van der Waals surface area contributed by atoms with Crippen LogP contribution in [0.2, 0.25) is 0 Å². The van der Waals surface area contributed by atoms with Crippen LogP contribution in [-0.4, -0.2) is 5.16 Å². The van der Waals surface area contributed by atoms with Crippen molar-refractivity contribution in [2.24, 2.45) is 0 Å². The summed E-state index contributed by atoms with van der Waals surface area (Å²) in [6, 6.07) is 7.81. The Bertz CT molecular complexity index is 494. The number of ether oxygens (including phenoxy) is 1. The maximum atomic E-state index is 5.66. The predicted octanol–water partition coefficient (Wildman–Crippen LogP) is 3.63. The SMILES string of the molecule is Cc1cc(COc2cc(Br)ccc2C)no1. The van der Waals surface area contributed by atoms with Crippen molar-refractivity contribution in [1.82, 2.24) is 5.16 Å². The second kappa shape index (κ2) is 4.70. The lowest BCUT2D eigenvalue weighted by Crippen LogP contribution is -1.97. The predicted molar refractivity (Wildman–Crippen MR) is 64.5 cm³/mol. The van der Waals surface area contributed by atoms with Gasteiger partial charge in [-0.2, -0.15) is 0 Å². The van der Waals surface area contributed by atoms with Gasteiger partial charge in [-0.1, -0.05) is 27.2 Å². The molecular formula is C12H12BrNO2. The Kier molecular flexibility index (Phi) is 3.29. The normalized spacial score (nSPS) is 10.4. The number of nitrogens with zero attached hydrogens (tertiary/aromatic N) is 1. The Morgan fingerprint density at radius 3 is 2.81 bits per heavy atom.